The summed E-state index contributed by atoms with van der Waals surface area (Å²) in [6.45, 7) is 6.03. The zero-order valence-electron chi connectivity index (χ0n) is 23.3. The molecule has 0 radical (unpaired) electrons. The predicted octanol–water partition coefficient (Wildman–Crippen LogP) is 5.98. The molecule has 10 heteroatoms. The lowest BCUT2D eigenvalue weighted by atomic mass is 9.85. The fourth-order valence-electron chi connectivity index (χ4n) is 5.39. The molecule has 41 heavy (non-hydrogen) atoms. The molecule has 1 N–H and O–H groups in total. The number of carbonyl (C=O) groups is 1. The van der Waals surface area contributed by atoms with Crippen molar-refractivity contribution in [2.75, 3.05) is 23.3 Å². The first kappa shape index (κ1) is 26.6. The lowest BCUT2D eigenvalue weighted by Gasteiger charge is -2.36. The number of aryl methyl sites for hydroxylation is 1. The van der Waals surface area contributed by atoms with E-state index in [0.29, 0.717) is 28.8 Å². The summed E-state index contributed by atoms with van der Waals surface area (Å²) in [5.74, 6) is 1.93. The van der Waals surface area contributed by atoms with Gasteiger partial charge in [0.05, 0.1) is 0 Å². The Balaban J connectivity index is 1.18. The van der Waals surface area contributed by atoms with Gasteiger partial charge >= 0.3 is 0 Å². The Labute approximate surface area is 237 Å². The lowest BCUT2D eigenvalue weighted by Crippen LogP contribution is -2.38. The number of benzene rings is 2. The first-order chi connectivity index (χ1) is 19.7. The summed E-state index contributed by atoms with van der Waals surface area (Å²) in [6, 6.07) is 21.6. The lowest BCUT2D eigenvalue weighted by molar-refractivity contribution is -0.125. The van der Waals surface area contributed by atoms with Crippen molar-refractivity contribution in [1.82, 2.24) is 25.2 Å². The van der Waals surface area contributed by atoms with Gasteiger partial charge in [0.15, 0.2) is 11.5 Å². The van der Waals surface area contributed by atoms with E-state index in [1.165, 1.54) is 19.4 Å². The third kappa shape index (κ3) is 5.68. The van der Waals surface area contributed by atoms with E-state index >= 15 is 0 Å². The van der Waals surface area contributed by atoms with Gasteiger partial charge in [-0.2, -0.15) is 4.80 Å². The van der Waals surface area contributed by atoms with Gasteiger partial charge in [-0.05, 0) is 86.7 Å². The minimum Gasteiger partial charge on any atom is -0.456 e. The Bertz CT molecular complexity index is 1670. The second-order valence-electron chi connectivity index (χ2n) is 11.0. The Kier molecular flexibility index (Phi) is 6.98. The molecule has 1 amide bonds. The number of rotatable bonds is 7. The van der Waals surface area contributed by atoms with Crippen LogP contribution in [0.4, 0.5) is 15.9 Å². The number of tetrazole rings is 1. The highest BCUT2D eigenvalue weighted by atomic mass is 19.1. The van der Waals surface area contributed by atoms with Gasteiger partial charge in [0.1, 0.15) is 23.2 Å². The summed E-state index contributed by atoms with van der Waals surface area (Å²) in [6.07, 6.45) is 3.72. The molecule has 5 aromatic rings. The van der Waals surface area contributed by atoms with E-state index in [9.17, 15) is 9.18 Å². The van der Waals surface area contributed by atoms with Crippen molar-refractivity contribution in [1.29, 1.82) is 0 Å². The summed E-state index contributed by atoms with van der Waals surface area (Å²) >= 11 is 0. The van der Waals surface area contributed by atoms with Crippen molar-refractivity contribution in [3.63, 3.8) is 0 Å². The number of hydrogen-bond acceptors (Lipinski definition) is 7. The number of nitrogens with zero attached hydrogens (tertiary/aromatic N) is 6. The number of furan rings is 1. The number of fused-ring (bicyclic) bond motifs is 1. The molecule has 1 aliphatic rings. The maximum atomic E-state index is 14.0. The SMILES string of the molecule is Cc1nnn(C(c2ccccc2)C2CCN(c3cc(-c4cc5cc(NC(=O)C(C)(C)F)ccc5o4)ccn3)CC2)n1. The van der Waals surface area contributed by atoms with E-state index in [-0.39, 0.29) is 6.04 Å². The highest BCUT2D eigenvalue weighted by Crippen LogP contribution is 2.36. The molecule has 1 unspecified atom stereocenters. The van der Waals surface area contributed by atoms with E-state index in [1.54, 1.807) is 29.2 Å². The molecule has 0 saturated carbocycles. The minimum absolute atomic E-state index is 0.0278. The fraction of sp³-hybridized carbons (Fsp3) is 0.323. The number of nitrogens with one attached hydrogen (secondary N) is 1. The van der Waals surface area contributed by atoms with Crippen molar-refractivity contribution in [3.05, 3.63) is 84.3 Å². The summed E-state index contributed by atoms with van der Waals surface area (Å²) in [5, 5.41) is 16.5. The highest BCUT2D eigenvalue weighted by molar-refractivity contribution is 5.98. The fourth-order valence-corrected chi connectivity index (χ4v) is 5.39. The van der Waals surface area contributed by atoms with Crippen molar-refractivity contribution in [3.8, 4) is 11.3 Å². The number of anilines is 2. The van der Waals surface area contributed by atoms with Crippen LogP contribution in [0.1, 0.15) is 44.1 Å². The van der Waals surface area contributed by atoms with E-state index in [1.807, 2.05) is 31.2 Å². The topological polar surface area (TPSA) is 102 Å². The van der Waals surface area contributed by atoms with Crippen molar-refractivity contribution in [2.24, 2.45) is 5.92 Å². The van der Waals surface area contributed by atoms with Crippen LogP contribution < -0.4 is 10.2 Å². The highest BCUT2D eigenvalue weighted by Gasteiger charge is 2.31. The van der Waals surface area contributed by atoms with Gasteiger partial charge in [-0.1, -0.05) is 30.3 Å². The molecule has 6 rings (SSSR count). The van der Waals surface area contributed by atoms with Gasteiger partial charge in [-0.25, -0.2) is 9.37 Å². The average Bonchev–Trinajstić information content (AvgIpc) is 3.60. The monoisotopic (exact) mass is 553 g/mol. The molecule has 1 saturated heterocycles. The zero-order chi connectivity index (χ0) is 28.6. The first-order valence-electron chi connectivity index (χ1n) is 13.8. The van der Waals surface area contributed by atoms with Crippen molar-refractivity contribution < 1.29 is 13.6 Å². The molecule has 2 aromatic carbocycles. The minimum atomic E-state index is -1.97. The Morgan fingerprint density at radius 3 is 2.56 bits per heavy atom. The second kappa shape index (κ2) is 10.8. The Morgan fingerprint density at radius 2 is 1.85 bits per heavy atom. The molecule has 0 bridgehead atoms. The van der Waals surface area contributed by atoms with Crippen LogP contribution in [0.2, 0.25) is 0 Å². The number of hydrogen-bond donors (Lipinski definition) is 1. The summed E-state index contributed by atoms with van der Waals surface area (Å²) in [7, 11) is 0. The summed E-state index contributed by atoms with van der Waals surface area (Å²) < 4.78 is 20.1. The number of carbonyl (C=O) groups excluding carboxylic acids is 1. The first-order valence-corrected chi connectivity index (χ1v) is 13.8. The number of halogens is 1. The normalized spacial score (nSPS) is 15.3. The standard InChI is InChI=1S/C31H32FN7O2/c1-20-35-37-39(36-20)29(21-7-5-4-6-8-21)22-12-15-38(16-13-22)28-19-23(11-14-33-28)27-18-24-17-25(9-10-26(24)41-27)34-30(40)31(2,3)32/h4-11,14,17-19,22,29H,12-13,15-16H2,1-3H3,(H,34,40). The van der Waals surface area contributed by atoms with Gasteiger partial charge in [0.2, 0.25) is 0 Å². The van der Waals surface area contributed by atoms with E-state index in [4.69, 9.17) is 4.42 Å². The molecule has 4 heterocycles. The zero-order valence-corrected chi connectivity index (χ0v) is 23.3. The molecule has 1 fully saturated rings. The number of piperidine rings is 1. The van der Waals surface area contributed by atoms with Gasteiger partial charge in [0.25, 0.3) is 5.91 Å². The number of pyridine rings is 1. The van der Waals surface area contributed by atoms with Crippen LogP contribution in [0.15, 0.2) is 77.3 Å². The van der Waals surface area contributed by atoms with Gasteiger partial charge in [-0.15, -0.1) is 10.2 Å². The molecule has 1 aliphatic heterocycles. The van der Waals surface area contributed by atoms with Gasteiger partial charge < -0.3 is 14.6 Å². The molecule has 9 nitrogen and oxygen atoms in total. The van der Waals surface area contributed by atoms with Gasteiger partial charge in [0, 0.05) is 35.9 Å². The van der Waals surface area contributed by atoms with Crippen LogP contribution in [0.5, 0.6) is 0 Å². The number of amides is 1. The Morgan fingerprint density at radius 1 is 1.07 bits per heavy atom. The third-order valence-corrected chi connectivity index (χ3v) is 7.57. The summed E-state index contributed by atoms with van der Waals surface area (Å²) in [5.41, 5.74) is 1.33. The van der Waals surface area contributed by atoms with E-state index in [0.717, 1.165) is 42.7 Å². The molecule has 0 spiro atoms. The van der Waals surface area contributed by atoms with Crippen LogP contribution in [0.25, 0.3) is 22.3 Å². The maximum absolute atomic E-state index is 14.0. The van der Waals surface area contributed by atoms with Crippen LogP contribution in [-0.4, -0.2) is 49.9 Å². The molecule has 3 aromatic heterocycles. The van der Waals surface area contributed by atoms with Crippen LogP contribution >= 0.6 is 0 Å². The van der Waals surface area contributed by atoms with Crippen LogP contribution in [0.3, 0.4) is 0 Å². The summed E-state index contributed by atoms with van der Waals surface area (Å²) in [4.78, 5) is 20.8. The number of alkyl halides is 1. The largest absolute Gasteiger partial charge is 0.456 e. The Hall–Kier alpha value is -4.60. The molecular formula is C31H32FN7O2. The van der Waals surface area contributed by atoms with Crippen LogP contribution in [0, 0.1) is 12.8 Å². The number of aromatic nitrogens is 5. The molecule has 210 valence electrons. The smallest absolute Gasteiger partial charge is 0.261 e. The quantitative estimate of drug-likeness (QED) is 0.264. The van der Waals surface area contributed by atoms with Crippen molar-refractivity contribution in [2.45, 2.75) is 45.3 Å². The maximum Gasteiger partial charge on any atom is 0.261 e. The molecule has 0 aliphatic carbocycles. The van der Waals surface area contributed by atoms with E-state index in [2.05, 4.69) is 54.9 Å². The van der Waals surface area contributed by atoms with E-state index < -0.39 is 11.6 Å². The second-order valence-corrected chi connectivity index (χ2v) is 11.0. The van der Waals surface area contributed by atoms with Crippen molar-refractivity contribution >= 4 is 28.4 Å². The molecular weight excluding hydrogens is 521 g/mol. The van der Waals surface area contributed by atoms with Gasteiger partial charge in [-0.3, -0.25) is 4.79 Å². The average molecular weight is 554 g/mol. The predicted molar refractivity (Wildman–Crippen MR) is 155 cm³/mol. The third-order valence-electron chi connectivity index (χ3n) is 7.57. The van der Waals surface area contributed by atoms with Crippen LogP contribution in [-0.2, 0) is 4.79 Å². The molecule has 1 atom stereocenters.